The van der Waals surface area contributed by atoms with Gasteiger partial charge in [-0.3, -0.25) is 19.4 Å². The maximum absolute atomic E-state index is 12.8. The minimum atomic E-state index is -0.505. The van der Waals surface area contributed by atoms with Crippen LogP contribution in [0, 0.1) is 0 Å². The van der Waals surface area contributed by atoms with E-state index in [1.54, 1.807) is 25.5 Å². The Hall–Kier alpha value is -3.54. The Morgan fingerprint density at radius 3 is 2.51 bits per heavy atom. The summed E-state index contributed by atoms with van der Waals surface area (Å²) in [5.74, 6) is 0.140. The number of β-amino-alcohol motifs (C(OH)–C–C–N with tert-alkyl or cyclic N) is 1. The average molecular weight is 507 g/mol. The molecule has 2 saturated heterocycles. The fourth-order valence-corrected chi connectivity index (χ4v) is 5.28. The van der Waals surface area contributed by atoms with Crippen LogP contribution in [0.4, 0.5) is 17.3 Å². The van der Waals surface area contributed by atoms with Crippen molar-refractivity contribution in [3.05, 3.63) is 52.6 Å². The number of amides is 1. The number of fused-ring (bicyclic) bond motifs is 1. The van der Waals surface area contributed by atoms with E-state index in [0.717, 1.165) is 69.7 Å². The highest BCUT2D eigenvalue weighted by molar-refractivity contribution is 6.06. The van der Waals surface area contributed by atoms with Gasteiger partial charge in [0.15, 0.2) is 0 Å². The number of nitrogens with one attached hydrogen (secondary N) is 3. The van der Waals surface area contributed by atoms with Crippen LogP contribution in [0.3, 0.4) is 0 Å². The monoisotopic (exact) mass is 506 g/mol. The van der Waals surface area contributed by atoms with Crippen molar-refractivity contribution >= 4 is 34.1 Å². The molecule has 4 heterocycles. The maximum Gasteiger partial charge on any atom is 0.261 e. The van der Waals surface area contributed by atoms with Crippen molar-refractivity contribution < 1.29 is 9.90 Å². The first-order chi connectivity index (χ1) is 18.1. The number of rotatable bonds is 7. The number of nitrogens with zero attached hydrogens (tertiary/aromatic N) is 5. The molecule has 196 valence electrons. The second-order valence-corrected chi connectivity index (χ2v) is 9.58. The predicted octanol–water partition coefficient (Wildman–Crippen LogP) is 1.19. The summed E-state index contributed by atoms with van der Waals surface area (Å²) in [7, 11) is 1.78. The molecule has 0 radical (unpaired) electrons. The smallest absolute Gasteiger partial charge is 0.261 e. The third-order valence-electron chi connectivity index (χ3n) is 7.38. The molecule has 1 amide bonds. The number of aromatic amines is 1. The van der Waals surface area contributed by atoms with Crippen molar-refractivity contribution in [2.24, 2.45) is 0 Å². The maximum atomic E-state index is 12.8. The summed E-state index contributed by atoms with van der Waals surface area (Å²) < 4.78 is 0. The first kappa shape index (κ1) is 25.1. The van der Waals surface area contributed by atoms with Crippen LogP contribution in [0.1, 0.15) is 23.2 Å². The molecule has 2 fully saturated rings. The highest BCUT2D eigenvalue weighted by Crippen LogP contribution is 2.23. The number of aliphatic hydroxyl groups excluding tert-OH is 1. The van der Waals surface area contributed by atoms with Gasteiger partial charge in [-0.15, -0.1) is 0 Å². The van der Waals surface area contributed by atoms with Crippen LogP contribution in [0.25, 0.3) is 10.9 Å². The third-order valence-corrected chi connectivity index (χ3v) is 7.38. The zero-order chi connectivity index (χ0) is 25.8. The van der Waals surface area contributed by atoms with Gasteiger partial charge in [-0.1, -0.05) is 12.1 Å². The van der Waals surface area contributed by atoms with Crippen LogP contribution < -0.4 is 21.1 Å². The first-order valence-electron chi connectivity index (χ1n) is 12.8. The lowest BCUT2D eigenvalue weighted by atomic mass is 10.0. The van der Waals surface area contributed by atoms with Crippen LogP contribution in [0.2, 0.25) is 0 Å². The standard InChI is InChI=1S/C26H34N8O3/c1-27-22-4-2-3-18-15-21(25(37)31-23(18)22)24(36)30-19-16-28-26(29-17-19)34-7-5-20(6-8-34)33-11-9-32(10-12-33)13-14-35/h2-4,15-17,20,27,35H,5-14H2,1H3,(H,30,36)(H,31,37). The van der Waals surface area contributed by atoms with E-state index in [1.165, 1.54) is 0 Å². The van der Waals surface area contributed by atoms with Crippen LogP contribution in [0.15, 0.2) is 41.5 Å². The fraction of sp³-hybridized carbons (Fsp3) is 0.462. The summed E-state index contributed by atoms with van der Waals surface area (Å²) in [6, 6.07) is 7.73. The molecule has 0 spiro atoms. The Morgan fingerprint density at radius 2 is 1.84 bits per heavy atom. The van der Waals surface area contributed by atoms with E-state index in [-0.39, 0.29) is 12.2 Å². The molecule has 0 unspecified atom stereocenters. The van der Waals surface area contributed by atoms with Gasteiger partial charge < -0.3 is 25.6 Å². The Balaban J connectivity index is 1.17. The highest BCUT2D eigenvalue weighted by Gasteiger charge is 2.28. The van der Waals surface area contributed by atoms with Crippen molar-refractivity contribution in [1.29, 1.82) is 0 Å². The Kier molecular flexibility index (Phi) is 7.63. The minimum Gasteiger partial charge on any atom is -0.395 e. The number of carbonyl (C=O) groups is 1. The summed E-state index contributed by atoms with van der Waals surface area (Å²) in [4.78, 5) is 44.2. The lowest BCUT2D eigenvalue weighted by Crippen LogP contribution is -2.53. The van der Waals surface area contributed by atoms with E-state index in [9.17, 15) is 9.59 Å². The largest absolute Gasteiger partial charge is 0.395 e. The molecule has 11 nitrogen and oxygen atoms in total. The number of carbonyl (C=O) groups excluding carboxylic acids is 1. The number of aliphatic hydroxyl groups is 1. The van der Waals surface area contributed by atoms with Gasteiger partial charge in [-0.25, -0.2) is 9.97 Å². The number of para-hydroxylation sites is 1. The van der Waals surface area contributed by atoms with E-state index in [0.29, 0.717) is 23.2 Å². The molecule has 0 aliphatic carbocycles. The number of piperazine rings is 1. The van der Waals surface area contributed by atoms with Gasteiger partial charge in [0.2, 0.25) is 5.95 Å². The van der Waals surface area contributed by atoms with E-state index in [1.807, 2.05) is 18.2 Å². The third kappa shape index (κ3) is 5.58. The minimum absolute atomic E-state index is 0.0316. The Bertz CT molecular complexity index is 1280. The summed E-state index contributed by atoms with van der Waals surface area (Å²) >= 11 is 0. The van der Waals surface area contributed by atoms with Crippen molar-refractivity contribution in [2.45, 2.75) is 18.9 Å². The zero-order valence-electron chi connectivity index (χ0n) is 21.1. The molecule has 2 aromatic heterocycles. The predicted molar refractivity (Wildman–Crippen MR) is 144 cm³/mol. The fourth-order valence-electron chi connectivity index (χ4n) is 5.28. The van der Waals surface area contributed by atoms with Crippen molar-refractivity contribution in [3.8, 4) is 0 Å². The lowest BCUT2D eigenvalue weighted by Gasteiger charge is -2.42. The number of hydrogen-bond donors (Lipinski definition) is 4. The van der Waals surface area contributed by atoms with E-state index >= 15 is 0 Å². The van der Waals surface area contributed by atoms with Gasteiger partial charge in [0.25, 0.3) is 11.5 Å². The number of aromatic nitrogens is 3. The van der Waals surface area contributed by atoms with E-state index < -0.39 is 11.5 Å². The molecule has 5 rings (SSSR count). The summed E-state index contributed by atoms with van der Waals surface area (Å²) in [6.07, 6.45) is 5.28. The molecule has 4 N–H and O–H groups in total. The molecule has 2 aliphatic rings. The number of piperidine rings is 1. The normalized spacial score (nSPS) is 17.7. The lowest BCUT2D eigenvalue weighted by molar-refractivity contribution is 0.0746. The molecule has 11 heteroatoms. The van der Waals surface area contributed by atoms with Crippen LogP contribution in [-0.4, -0.2) is 101 Å². The molecule has 2 aliphatic heterocycles. The van der Waals surface area contributed by atoms with Gasteiger partial charge >= 0.3 is 0 Å². The highest BCUT2D eigenvalue weighted by atomic mass is 16.3. The van der Waals surface area contributed by atoms with E-state index in [2.05, 4.69) is 40.3 Å². The second kappa shape index (κ2) is 11.2. The number of benzene rings is 1. The van der Waals surface area contributed by atoms with Crippen LogP contribution >= 0.6 is 0 Å². The SMILES string of the molecule is CNc1cccc2cc(C(=O)Nc3cnc(N4CCC(N5CCN(CCO)CC5)CC4)nc3)c(=O)[nH]c12. The topological polar surface area (TPSA) is 130 Å². The molecule has 1 aromatic carbocycles. The van der Waals surface area contributed by atoms with Gasteiger partial charge in [0.05, 0.1) is 35.9 Å². The molecule has 37 heavy (non-hydrogen) atoms. The van der Waals surface area contributed by atoms with Crippen LogP contribution in [0.5, 0.6) is 0 Å². The molecule has 0 atom stereocenters. The molecular formula is C26H34N8O3. The van der Waals surface area contributed by atoms with E-state index in [4.69, 9.17) is 5.11 Å². The quantitative estimate of drug-likeness (QED) is 0.373. The summed E-state index contributed by atoms with van der Waals surface area (Å²) in [5.41, 5.74) is 1.46. The number of anilines is 3. The Morgan fingerprint density at radius 1 is 1.11 bits per heavy atom. The van der Waals surface area contributed by atoms with Crippen molar-refractivity contribution in [3.63, 3.8) is 0 Å². The van der Waals surface area contributed by atoms with Gasteiger partial charge in [0.1, 0.15) is 5.56 Å². The second-order valence-electron chi connectivity index (χ2n) is 9.58. The van der Waals surface area contributed by atoms with Crippen molar-refractivity contribution in [1.82, 2.24) is 24.8 Å². The summed E-state index contributed by atoms with van der Waals surface area (Å²) in [5, 5.41) is 15.7. The number of H-pyrrole nitrogens is 1. The van der Waals surface area contributed by atoms with Gasteiger partial charge in [-0.2, -0.15) is 0 Å². The molecule has 0 saturated carbocycles. The molecule has 0 bridgehead atoms. The molecule has 3 aromatic rings. The average Bonchev–Trinajstić information content (AvgIpc) is 2.93. The first-order valence-corrected chi connectivity index (χ1v) is 12.8. The van der Waals surface area contributed by atoms with Crippen molar-refractivity contribution in [2.75, 3.05) is 75.0 Å². The van der Waals surface area contributed by atoms with Gasteiger partial charge in [0, 0.05) is 64.3 Å². The number of hydrogen-bond acceptors (Lipinski definition) is 9. The zero-order valence-corrected chi connectivity index (χ0v) is 21.1. The summed E-state index contributed by atoms with van der Waals surface area (Å²) in [6.45, 7) is 6.87. The molecular weight excluding hydrogens is 472 g/mol. The Labute approximate surface area is 215 Å². The van der Waals surface area contributed by atoms with Gasteiger partial charge in [-0.05, 0) is 25.0 Å². The number of pyridine rings is 1. The van der Waals surface area contributed by atoms with Crippen LogP contribution in [-0.2, 0) is 0 Å².